The van der Waals surface area contributed by atoms with Crippen molar-refractivity contribution in [1.82, 2.24) is 10.1 Å². The van der Waals surface area contributed by atoms with Gasteiger partial charge in [-0.05, 0) is 63.1 Å². The van der Waals surface area contributed by atoms with Crippen molar-refractivity contribution in [3.63, 3.8) is 0 Å². The summed E-state index contributed by atoms with van der Waals surface area (Å²) in [6.45, 7) is 7.11. The van der Waals surface area contributed by atoms with Gasteiger partial charge in [-0.1, -0.05) is 23.4 Å². The zero-order chi connectivity index (χ0) is 24.6. The molecule has 0 aliphatic carbocycles. The second kappa shape index (κ2) is 8.79. The highest BCUT2D eigenvalue weighted by atomic mass is 32.2. The maximum absolute atomic E-state index is 13.3. The van der Waals surface area contributed by atoms with Crippen LogP contribution in [-0.2, 0) is 10.0 Å². The van der Waals surface area contributed by atoms with E-state index in [1.165, 1.54) is 19.2 Å². The molecule has 0 radical (unpaired) electrons. The number of carbonyl (C=O) groups excluding carboxylic acids is 1. The van der Waals surface area contributed by atoms with Crippen molar-refractivity contribution in [1.29, 1.82) is 0 Å². The molecule has 0 aliphatic rings. The van der Waals surface area contributed by atoms with E-state index in [4.69, 9.17) is 9.26 Å². The van der Waals surface area contributed by atoms with E-state index in [-0.39, 0.29) is 22.0 Å². The maximum Gasteiger partial charge on any atom is 0.265 e. The number of benzene rings is 2. The van der Waals surface area contributed by atoms with Crippen molar-refractivity contribution < 1.29 is 22.5 Å². The van der Waals surface area contributed by atoms with Crippen LogP contribution in [0.3, 0.4) is 0 Å². The summed E-state index contributed by atoms with van der Waals surface area (Å²) >= 11 is 0. The largest absolute Gasteiger partial charge is 0.495 e. The molecule has 0 spiro atoms. The fourth-order valence-electron chi connectivity index (χ4n) is 3.72. The van der Waals surface area contributed by atoms with Gasteiger partial charge in [-0.3, -0.25) is 9.52 Å². The van der Waals surface area contributed by atoms with Crippen molar-refractivity contribution in [2.75, 3.05) is 17.1 Å². The molecule has 2 N–H and O–H groups in total. The van der Waals surface area contributed by atoms with E-state index in [0.29, 0.717) is 28.0 Å². The Kier molecular flexibility index (Phi) is 6.01. The molecule has 0 saturated carbocycles. The number of carbonyl (C=O) groups is 1. The molecule has 0 fully saturated rings. The van der Waals surface area contributed by atoms with Gasteiger partial charge >= 0.3 is 0 Å². The van der Waals surface area contributed by atoms with Crippen molar-refractivity contribution >= 4 is 38.4 Å². The smallest absolute Gasteiger partial charge is 0.265 e. The minimum atomic E-state index is -4.02. The summed E-state index contributed by atoms with van der Waals surface area (Å²) in [4.78, 5) is 17.3. The van der Waals surface area contributed by atoms with Crippen LogP contribution < -0.4 is 14.8 Å². The molecule has 0 aliphatic heterocycles. The minimum absolute atomic E-state index is 0.104. The average molecular weight is 481 g/mol. The van der Waals surface area contributed by atoms with Gasteiger partial charge < -0.3 is 14.6 Å². The van der Waals surface area contributed by atoms with E-state index in [0.717, 1.165) is 11.1 Å². The van der Waals surface area contributed by atoms with Crippen molar-refractivity contribution in [2.45, 2.75) is 32.6 Å². The Morgan fingerprint density at radius 1 is 1.03 bits per heavy atom. The summed E-state index contributed by atoms with van der Waals surface area (Å²) in [5, 5.41) is 7.15. The highest BCUT2D eigenvalue weighted by molar-refractivity contribution is 7.92. The van der Waals surface area contributed by atoms with Crippen LogP contribution in [0, 0.1) is 27.7 Å². The molecule has 0 bridgehead atoms. The van der Waals surface area contributed by atoms with Gasteiger partial charge in [-0.15, -0.1) is 0 Å². The molecular weight excluding hydrogens is 456 g/mol. The second-order valence-corrected chi connectivity index (χ2v) is 9.60. The number of hydrogen-bond donors (Lipinski definition) is 2. The first kappa shape index (κ1) is 23.2. The van der Waals surface area contributed by atoms with Crippen molar-refractivity contribution in [3.8, 4) is 5.75 Å². The molecular formula is C24H24N4O5S. The lowest BCUT2D eigenvalue weighted by Gasteiger charge is -2.16. The third-order valence-electron chi connectivity index (χ3n) is 5.42. The molecule has 176 valence electrons. The number of pyridine rings is 1. The highest BCUT2D eigenvalue weighted by Crippen LogP contribution is 2.31. The Balaban J connectivity index is 1.71. The Labute approximate surface area is 197 Å². The Bertz CT molecular complexity index is 1510. The van der Waals surface area contributed by atoms with E-state index in [2.05, 4.69) is 20.2 Å². The zero-order valence-corrected chi connectivity index (χ0v) is 20.2. The fraction of sp³-hybridized carbons (Fsp3) is 0.208. The molecule has 2 heterocycles. The van der Waals surface area contributed by atoms with Crippen molar-refractivity contribution in [3.05, 3.63) is 70.5 Å². The summed E-state index contributed by atoms with van der Waals surface area (Å²) in [5.74, 6) is -0.299. The van der Waals surface area contributed by atoms with Crippen LogP contribution in [0.2, 0.25) is 0 Å². The number of aromatic nitrogens is 2. The van der Waals surface area contributed by atoms with Crippen LogP contribution in [0.25, 0.3) is 11.1 Å². The average Bonchev–Trinajstić information content (AvgIpc) is 3.16. The van der Waals surface area contributed by atoms with Crippen LogP contribution in [0.4, 0.5) is 11.4 Å². The van der Waals surface area contributed by atoms with Crippen molar-refractivity contribution in [2.24, 2.45) is 0 Å². The summed E-state index contributed by atoms with van der Waals surface area (Å²) in [5.41, 5.74) is 4.06. The lowest BCUT2D eigenvalue weighted by Crippen LogP contribution is -2.17. The first-order valence-corrected chi connectivity index (χ1v) is 11.9. The van der Waals surface area contributed by atoms with E-state index < -0.39 is 15.9 Å². The monoisotopic (exact) mass is 480 g/mol. The normalized spacial score (nSPS) is 11.4. The van der Waals surface area contributed by atoms with Gasteiger partial charge in [-0.25, -0.2) is 13.4 Å². The predicted molar refractivity (Wildman–Crippen MR) is 129 cm³/mol. The number of amides is 1. The van der Waals surface area contributed by atoms with Gasteiger partial charge in [-0.2, -0.15) is 0 Å². The summed E-state index contributed by atoms with van der Waals surface area (Å²) in [6.07, 6.45) is 0. The molecule has 34 heavy (non-hydrogen) atoms. The predicted octanol–water partition coefficient (Wildman–Crippen LogP) is 4.52. The number of ether oxygens (including phenoxy) is 1. The maximum atomic E-state index is 13.3. The lowest BCUT2D eigenvalue weighted by molar-refractivity contribution is 0.102. The fourth-order valence-corrected chi connectivity index (χ4v) is 5.12. The molecule has 0 saturated heterocycles. The molecule has 4 aromatic rings. The Morgan fingerprint density at radius 2 is 1.74 bits per heavy atom. The number of nitrogens with zero attached hydrogens (tertiary/aromatic N) is 2. The lowest BCUT2D eigenvalue weighted by atomic mass is 10.1. The Hall–Kier alpha value is -3.92. The number of rotatable bonds is 6. The number of para-hydroxylation sites is 1. The van der Waals surface area contributed by atoms with Gasteiger partial charge in [0.15, 0.2) is 0 Å². The molecule has 2 aromatic heterocycles. The topological polar surface area (TPSA) is 123 Å². The SMILES string of the molecule is COc1ccc(NC(=O)c2cc(C)nc3onc(C)c23)cc1S(=O)(=O)Nc1c(C)cccc1C. The van der Waals surface area contributed by atoms with Gasteiger partial charge in [0.1, 0.15) is 10.6 Å². The number of fused-ring (bicyclic) bond motifs is 1. The third-order valence-corrected chi connectivity index (χ3v) is 6.79. The summed E-state index contributed by atoms with van der Waals surface area (Å²) < 4.78 is 39.7. The highest BCUT2D eigenvalue weighted by Gasteiger charge is 2.23. The number of sulfonamides is 1. The standard InChI is InChI=1S/C24H24N4O5S/c1-13-7-6-8-14(2)22(13)28-34(30,31)20-12-17(9-10-19(20)32-5)26-23(29)18-11-15(3)25-24-21(18)16(4)27-33-24/h6-12,28H,1-5H3,(H,26,29). The molecule has 0 atom stereocenters. The van der Waals surface area contributed by atoms with Crippen LogP contribution in [0.5, 0.6) is 5.75 Å². The van der Waals surface area contributed by atoms with E-state index in [1.54, 1.807) is 26.0 Å². The zero-order valence-electron chi connectivity index (χ0n) is 19.4. The van der Waals surface area contributed by atoms with E-state index >= 15 is 0 Å². The molecule has 1 amide bonds. The third kappa shape index (κ3) is 4.32. The van der Waals surface area contributed by atoms with Crippen LogP contribution in [0.15, 0.2) is 51.9 Å². The van der Waals surface area contributed by atoms with Gasteiger partial charge in [0, 0.05) is 11.4 Å². The minimum Gasteiger partial charge on any atom is -0.495 e. The molecule has 0 unspecified atom stereocenters. The van der Waals surface area contributed by atoms with E-state index in [9.17, 15) is 13.2 Å². The number of aryl methyl sites for hydroxylation is 4. The first-order chi connectivity index (χ1) is 16.1. The molecule has 4 rings (SSSR count). The number of methoxy groups -OCH3 is 1. The van der Waals surface area contributed by atoms with Crippen LogP contribution in [0.1, 0.15) is 32.9 Å². The molecule has 2 aromatic carbocycles. The molecule has 10 heteroatoms. The van der Waals surface area contributed by atoms with Gasteiger partial charge in [0.05, 0.1) is 29.4 Å². The Morgan fingerprint density at radius 3 is 2.41 bits per heavy atom. The summed E-state index contributed by atoms with van der Waals surface area (Å²) in [6, 6.07) is 11.6. The number of hydrogen-bond acceptors (Lipinski definition) is 7. The van der Waals surface area contributed by atoms with Crippen LogP contribution >= 0.6 is 0 Å². The second-order valence-electron chi connectivity index (χ2n) is 7.95. The summed E-state index contributed by atoms with van der Waals surface area (Å²) in [7, 11) is -2.64. The van der Waals surface area contributed by atoms with Gasteiger partial charge in [0.2, 0.25) is 0 Å². The first-order valence-electron chi connectivity index (χ1n) is 10.4. The molecule has 9 nitrogen and oxygen atoms in total. The van der Waals surface area contributed by atoms with E-state index in [1.807, 2.05) is 32.0 Å². The quantitative estimate of drug-likeness (QED) is 0.416. The number of nitrogens with one attached hydrogen (secondary N) is 2. The number of anilines is 2. The van der Waals surface area contributed by atoms with Gasteiger partial charge in [0.25, 0.3) is 21.6 Å². The van der Waals surface area contributed by atoms with Crippen LogP contribution in [-0.4, -0.2) is 31.6 Å².